The first-order chi connectivity index (χ1) is 18.4. The monoisotopic (exact) mass is 599 g/mol. The van der Waals surface area contributed by atoms with Crippen molar-refractivity contribution in [1.82, 2.24) is 10.2 Å². The Morgan fingerprint density at radius 3 is 2.31 bits per heavy atom. The number of anilines is 1. The molecular formula is C28H39Cl2N3O5S. The van der Waals surface area contributed by atoms with Gasteiger partial charge in [0, 0.05) is 25.6 Å². The largest absolute Gasteiger partial charge is 0.492 e. The number of ether oxygens (including phenoxy) is 1. The van der Waals surface area contributed by atoms with Crippen molar-refractivity contribution in [2.75, 3.05) is 23.7 Å². The van der Waals surface area contributed by atoms with Crippen LogP contribution in [0.15, 0.2) is 42.5 Å². The molecule has 8 nitrogen and oxygen atoms in total. The summed E-state index contributed by atoms with van der Waals surface area (Å²) < 4.78 is 32.2. The van der Waals surface area contributed by atoms with Gasteiger partial charge in [0.1, 0.15) is 11.8 Å². The van der Waals surface area contributed by atoms with Crippen LogP contribution in [0.3, 0.4) is 0 Å². The van der Waals surface area contributed by atoms with Gasteiger partial charge in [-0.3, -0.25) is 13.9 Å². The van der Waals surface area contributed by atoms with Gasteiger partial charge in [0.25, 0.3) is 0 Å². The predicted molar refractivity (Wildman–Crippen MR) is 158 cm³/mol. The molecule has 0 aliphatic rings. The van der Waals surface area contributed by atoms with Crippen molar-refractivity contribution in [3.63, 3.8) is 0 Å². The first-order valence-electron chi connectivity index (χ1n) is 13.2. The second-order valence-electron chi connectivity index (χ2n) is 9.35. The summed E-state index contributed by atoms with van der Waals surface area (Å²) in [5.41, 5.74) is 1.15. The van der Waals surface area contributed by atoms with Crippen LogP contribution in [0.2, 0.25) is 10.0 Å². The van der Waals surface area contributed by atoms with Crippen molar-refractivity contribution in [2.24, 2.45) is 0 Å². The maximum Gasteiger partial charge on any atom is 0.243 e. The normalized spacial score (nSPS) is 12.9. The summed E-state index contributed by atoms with van der Waals surface area (Å²) in [6.07, 6.45) is 2.57. The highest BCUT2D eigenvalue weighted by Crippen LogP contribution is 2.30. The van der Waals surface area contributed by atoms with Crippen LogP contribution in [0.1, 0.15) is 58.9 Å². The highest BCUT2D eigenvalue weighted by Gasteiger charge is 2.30. The van der Waals surface area contributed by atoms with Crippen molar-refractivity contribution in [3.05, 3.63) is 58.1 Å². The van der Waals surface area contributed by atoms with Gasteiger partial charge in [-0.1, -0.05) is 55.2 Å². The quantitative estimate of drug-likeness (QED) is 0.285. The third-order valence-electron chi connectivity index (χ3n) is 6.31. The molecule has 0 heterocycles. The number of hydrogen-bond donors (Lipinski definition) is 1. The lowest BCUT2D eigenvalue weighted by atomic mass is 10.1. The van der Waals surface area contributed by atoms with E-state index in [0.717, 1.165) is 18.2 Å². The van der Waals surface area contributed by atoms with Crippen molar-refractivity contribution in [3.8, 4) is 5.75 Å². The van der Waals surface area contributed by atoms with E-state index in [1.54, 1.807) is 42.5 Å². The van der Waals surface area contributed by atoms with Crippen LogP contribution in [-0.2, 0) is 26.2 Å². The molecule has 216 valence electrons. The van der Waals surface area contributed by atoms with Crippen molar-refractivity contribution < 1.29 is 22.7 Å². The fraction of sp³-hybridized carbons (Fsp3) is 0.500. The summed E-state index contributed by atoms with van der Waals surface area (Å²) in [5, 5.41) is 3.73. The maximum absolute atomic E-state index is 13.6. The van der Waals surface area contributed by atoms with Crippen LogP contribution in [0.5, 0.6) is 5.75 Å². The molecule has 0 aliphatic carbocycles. The van der Waals surface area contributed by atoms with E-state index >= 15 is 0 Å². The Kier molecular flexibility index (Phi) is 12.9. The van der Waals surface area contributed by atoms with E-state index in [-0.39, 0.29) is 43.8 Å². The van der Waals surface area contributed by atoms with Gasteiger partial charge in [0.05, 0.1) is 28.6 Å². The first kappa shape index (κ1) is 32.7. The zero-order valence-electron chi connectivity index (χ0n) is 23.2. The summed E-state index contributed by atoms with van der Waals surface area (Å²) in [5.74, 6) is -0.0480. The van der Waals surface area contributed by atoms with E-state index in [9.17, 15) is 18.0 Å². The fourth-order valence-corrected chi connectivity index (χ4v) is 5.41. The Morgan fingerprint density at radius 2 is 1.72 bits per heavy atom. The zero-order chi connectivity index (χ0) is 29.2. The minimum atomic E-state index is -3.65. The Bertz CT molecular complexity index is 1230. The third-order valence-corrected chi connectivity index (χ3v) is 8.23. The summed E-state index contributed by atoms with van der Waals surface area (Å²) in [7, 11) is -3.65. The second kappa shape index (κ2) is 15.3. The molecule has 1 N–H and O–H groups in total. The van der Waals surface area contributed by atoms with E-state index in [2.05, 4.69) is 5.32 Å². The SMILES string of the molecule is CCOc1ccccc1N(CCCC(=O)N(Cc1ccc(Cl)c(Cl)c1)[C@@H](CC)C(=O)N[C@@H](C)CC)S(C)(=O)=O. The molecule has 39 heavy (non-hydrogen) atoms. The van der Waals surface area contributed by atoms with Crippen LogP contribution in [0, 0.1) is 0 Å². The van der Waals surface area contributed by atoms with Gasteiger partial charge in [-0.25, -0.2) is 8.42 Å². The van der Waals surface area contributed by atoms with Crippen molar-refractivity contribution in [1.29, 1.82) is 0 Å². The number of nitrogens with zero attached hydrogens (tertiary/aromatic N) is 2. The predicted octanol–water partition coefficient (Wildman–Crippen LogP) is 5.66. The number of nitrogens with one attached hydrogen (secondary N) is 1. The van der Waals surface area contributed by atoms with Crippen molar-refractivity contribution in [2.45, 2.75) is 72.0 Å². The minimum Gasteiger partial charge on any atom is -0.492 e. The standard InChI is InChI=1S/C28H39Cl2N3O5S/c1-6-20(4)31-28(35)24(7-2)32(19-21-15-16-22(29)23(30)18-21)27(34)14-11-17-33(39(5,36)37)25-12-9-10-13-26(25)38-8-3/h9-10,12-13,15-16,18,20,24H,6-8,11,14,17,19H2,1-5H3,(H,31,35)/t20-,24-/m0/s1. The number of carbonyl (C=O) groups is 2. The molecule has 0 bridgehead atoms. The molecule has 0 radical (unpaired) electrons. The lowest BCUT2D eigenvalue weighted by Gasteiger charge is -2.32. The molecule has 0 saturated heterocycles. The van der Waals surface area contributed by atoms with E-state index in [0.29, 0.717) is 34.5 Å². The van der Waals surface area contributed by atoms with Crippen LogP contribution in [-0.4, -0.2) is 56.6 Å². The lowest BCUT2D eigenvalue weighted by Crippen LogP contribution is -2.50. The molecule has 0 fully saturated rings. The molecule has 2 aromatic carbocycles. The lowest BCUT2D eigenvalue weighted by molar-refractivity contribution is -0.141. The number of sulfonamides is 1. The van der Waals surface area contributed by atoms with E-state index in [1.165, 1.54) is 9.21 Å². The van der Waals surface area contributed by atoms with Gasteiger partial charge in [0.2, 0.25) is 21.8 Å². The van der Waals surface area contributed by atoms with Gasteiger partial charge in [0.15, 0.2) is 0 Å². The second-order valence-corrected chi connectivity index (χ2v) is 12.1. The summed E-state index contributed by atoms with van der Waals surface area (Å²) >= 11 is 12.3. The molecule has 0 aliphatic heterocycles. The van der Waals surface area contributed by atoms with Crippen LogP contribution in [0.25, 0.3) is 0 Å². The number of benzene rings is 2. The van der Waals surface area contributed by atoms with E-state index < -0.39 is 16.1 Å². The van der Waals surface area contributed by atoms with Gasteiger partial charge in [-0.2, -0.15) is 0 Å². The molecule has 2 amide bonds. The topological polar surface area (TPSA) is 96.0 Å². The van der Waals surface area contributed by atoms with Crippen LogP contribution >= 0.6 is 23.2 Å². The molecule has 0 spiro atoms. The van der Waals surface area contributed by atoms with Crippen LogP contribution in [0.4, 0.5) is 5.69 Å². The minimum absolute atomic E-state index is 0.0389. The Hall–Kier alpha value is -2.49. The number of halogens is 2. The number of amides is 2. The number of para-hydroxylation sites is 2. The Labute approximate surface area is 242 Å². The number of hydrogen-bond acceptors (Lipinski definition) is 5. The van der Waals surface area contributed by atoms with Gasteiger partial charge < -0.3 is 15.0 Å². The molecule has 2 atom stereocenters. The maximum atomic E-state index is 13.6. The van der Waals surface area contributed by atoms with Gasteiger partial charge in [-0.15, -0.1) is 0 Å². The highest BCUT2D eigenvalue weighted by atomic mass is 35.5. The average Bonchev–Trinajstić information content (AvgIpc) is 2.88. The van der Waals surface area contributed by atoms with Crippen LogP contribution < -0.4 is 14.4 Å². The third kappa shape index (κ3) is 9.58. The zero-order valence-corrected chi connectivity index (χ0v) is 25.6. The first-order valence-corrected chi connectivity index (χ1v) is 15.8. The molecular weight excluding hydrogens is 561 g/mol. The summed E-state index contributed by atoms with van der Waals surface area (Å²) in [6, 6.07) is 11.3. The van der Waals surface area contributed by atoms with E-state index in [4.69, 9.17) is 27.9 Å². The van der Waals surface area contributed by atoms with Gasteiger partial charge in [-0.05, 0) is 62.9 Å². The molecule has 0 unspecified atom stereocenters. The van der Waals surface area contributed by atoms with Gasteiger partial charge >= 0.3 is 0 Å². The Balaban J connectivity index is 2.29. The fourth-order valence-electron chi connectivity index (χ4n) is 4.12. The van der Waals surface area contributed by atoms with E-state index in [1.807, 2.05) is 27.7 Å². The molecule has 11 heteroatoms. The molecule has 2 rings (SSSR count). The summed E-state index contributed by atoms with van der Waals surface area (Å²) in [6.45, 7) is 8.18. The molecule has 0 saturated carbocycles. The average molecular weight is 601 g/mol. The molecule has 0 aromatic heterocycles. The Morgan fingerprint density at radius 1 is 1.03 bits per heavy atom. The smallest absolute Gasteiger partial charge is 0.243 e. The van der Waals surface area contributed by atoms with Crippen molar-refractivity contribution >= 4 is 50.7 Å². The molecule has 2 aromatic rings. The summed E-state index contributed by atoms with van der Waals surface area (Å²) in [4.78, 5) is 28.3. The number of rotatable bonds is 15. The number of carbonyl (C=O) groups excluding carboxylic acids is 2. The highest BCUT2D eigenvalue weighted by molar-refractivity contribution is 7.92.